The number of nitrogens with one attached hydrogen (secondary N) is 1. The summed E-state index contributed by atoms with van der Waals surface area (Å²) in [5.41, 5.74) is 0.924. The van der Waals surface area contributed by atoms with Gasteiger partial charge in [0.25, 0.3) is 0 Å². The van der Waals surface area contributed by atoms with Crippen LogP contribution in [0.4, 0.5) is 0 Å². The van der Waals surface area contributed by atoms with E-state index in [-0.39, 0.29) is 0 Å². The number of carbonyl (C=O) groups excluding carboxylic acids is 1. The molecule has 1 aromatic heterocycles. The first-order chi connectivity index (χ1) is 12.6. The van der Waals surface area contributed by atoms with E-state index in [1.807, 2.05) is 24.3 Å². The van der Waals surface area contributed by atoms with Crippen LogP contribution >= 0.6 is 23.6 Å². The van der Waals surface area contributed by atoms with Crippen LogP contribution in [0.25, 0.3) is 12.2 Å². The van der Waals surface area contributed by atoms with Crippen molar-refractivity contribution in [3.63, 3.8) is 0 Å². The maximum absolute atomic E-state index is 11.7. The summed E-state index contributed by atoms with van der Waals surface area (Å²) < 4.78 is 17.6. The van der Waals surface area contributed by atoms with Gasteiger partial charge in [-0.05, 0) is 49.3 Å². The molecule has 1 N–H and O–H groups in total. The van der Waals surface area contributed by atoms with E-state index in [1.54, 1.807) is 14.0 Å². The summed E-state index contributed by atoms with van der Waals surface area (Å²) in [4.78, 5) is 14.7. The molecule has 0 saturated heterocycles. The molecule has 0 bridgehead atoms. The molecule has 2 rings (SSSR count). The second-order valence-corrected chi connectivity index (χ2v) is 7.16. The maximum atomic E-state index is 11.7. The second-order valence-electron chi connectivity index (χ2n) is 5.45. The van der Waals surface area contributed by atoms with E-state index in [0.717, 1.165) is 28.7 Å². The Morgan fingerprint density at radius 3 is 2.81 bits per heavy atom. The van der Waals surface area contributed by atoms with Crippen molar-refractivity contribution >= 4 is 41.7 Å². The predicted molar refractivity (Wildman–Crippen MR) is 107 cm³/mol. The van der Waals surface area contributed by atoms with Gasteiger partial charge in [-0.3, -0.25) is 0 Å². The average molecular weight is 394 g/mol. The molecule has 1 heterocycles. The molecule has 0 unspecified atom stereocenters. The van der Waals surface area contributed by atoms with Crippen LogP contribution in [0.15, 0.2) is 18.2 Å². The largest absolute Gasteiger partial charge is 0.493 e. The topological polar surface area (TPSA) is 60.6 Å². The standard InChI is InChI=1S/C19H23NO4S2/c1-4-6-9-24-15-8-7-13(10-16(15)22-3)11-17-14(20-19(25)26-17)12-18(21)23-5-2/h7-8,10-12H,4-6,9H2,1-3H3,(H,20,25)/b14-12-,17-11-. The van der Waals surface area contributed by atoms with E-state index in [1.165, 1.54) is 17.4 Å². The van der Waals surface area contributed by atoms with Crippen molar-refractivity contribution in [3.8, 4) is 11.5 Å². The summed E-state index contributed by atoms with van der Waals surface area (Å²) in [5.74, 6) is 0.992. The fourth-order valence-electron chi connectivity index (χ4n) is 2.24. The number of thiazole rings is 1. The van der Waals surface area contributed by atoms with Crippen LogP contribution < -0.4 is 19.4 Å². The predicted octanol–water partition coefficient (Wildman–Crippen LogP) is 3.17. The van der Waals surface area contributed by atoms with Crippen LogP contribution in [-0.4, -0.2) is 31.3 Å². The molecular weight excluding hydrogens is 370 g/mol. The molecule has 1 aromatic carbocycles. The Morgan fingerprint density at radius 2 is 2.12 bits per heavy atom. The summed E-state index contributed by atoms with van der Waals surface area (Å²) in [6, 6.07) is 5.74. The van der Waals surface area contributed by atoms with Gasteiger partial charge in [0.1, 0.15) is 0 Å². The molecule has 0 radical (unpaired) electrons. The number of methoxy groups -OCH3 is 1. The third kappa shape index (κ3) is 5.71. The number of rotatable bonds is 8. The van der Waals surface area contributed by atoms with Crippen LogP contribution in [0.3, 0.4) is 0 Å². The van der Waals surface area contributed by atoms with Crippen LogP contribution in [-0.2, 0) is 9.53 Å². The van der Waals surface area contributed by atoms with E-state index < -0.39 is 5.97 Å². The first kappa shape index (κ1) is 20.2. The summed E-state index contributed by atoms with van der Waals surface area (Å²) in [5, 5.41) is 0.640. The van der Waals surface area contributed by atoms with Crippen molar-refractivity contribution in [2.75, 3.05) is 20.3 Å². The molecule has 0 fully saturated rings. The number of hydrogen-bond acceptors (Lipinski definition) is 6. The van der Waals surface area contributed by atoms with Crippen LogP contribution in [0.2, 0.25) is 0 Å². The summed E-state index contributed by atoms with van der Waals surface area (Å²) in [7, 11) is 1.62. The molecule has 0 amide bonds. The highest BCUT2D eigenvalue weighted by Gasteiger charge is 2.05. The van der Waals surface area contributed by atoms with Gasteiger partial charge in [0.15, 0.2) is 15.5 Å². The smallest absolute Gasteiger partial charge is 0.332 e. The van der Waals surface area contributed by atoms with Crippen molar-refractivity contribution in [1.29, 1.82) is 0 Å². The Morgan fingerprint density at radius 1 is 1.31 bits per heavy atom. The molecule has 0 aliphatic heterocycles. The molecule has 2 aromatic rings. The third-order valence-corrected chi connectivity index (χ3v) is 4.69. The molecule has 140 valence electrons. The number of ether oxygens (including phenoxy) is 3. The van der Waals surface area contributed by atoms with Crippen molar-refractivity contribution < 1.29 is 19.0 Å². The lowest BCUT2D eigenvalue weighted by molar-refractivity contribution is -0.135. The fourth-order valence-corrected chi connectivity index (χ4v) is 3.39. The first-order valence-corrected chi connectivity index (χ1v) is 9.70. The maximum Gasteiger partial charge on any atom is 0.332 e. The number of esters is 1. The third-order valence-electron chi connectivity index (χ3n) is 3.49. The van der Waals surface area contributed by atoms with E-state index in [0.29, 0.717) is 28.3 Å². The molecule has 26 heavy (non-hydrogen) atoms. The molecule has 0 aliphatic rings. The highest BCUT2D eigenvalue weighted by atomic mass is 32.1. The van der Waals surface area contributed by atoms with Gasteiger partial charge in [-0.1, -0.05) is 19.4 Å². The van der Waals surface area contributed by atoms with Gasteiger partial charge in [-0.25, -0.2) is 4.79 Å². The number of benzene rings is 1. The Hall–Kier alpha value is -2.12. The SMILES string of the molecule is CCCCOc1ccc(/C=c2\sc(=S)[nH]\c2=C/C(=O)OCC)cc1OC. The van der Waals surface area contributed by atoms with Crippen LogP contribution in [0.1, 0.15) is 32.3 Å². The van der Waals surface area contributed by atoms with Gasteiger partial charge in [0.2, 0.25) is 0 Å². The van der Waals surface area contributed by atoms with Gasteiger partial charge >= 0.3 is 5.97 Å². The number of aromatic amines is 1. The van der Waals surface area contributed by atoms with Gasteiger partial charge in [-0.2, -0.15) is 0 Å². The second kappa shape index (κ2) is 10.1. The minimum Gasteiger partial charge on any atom is -0.493 e. The zero-order valence-electron chi connectivity index (χ0n) is 15.2. The van der Waals surface area contributed by atoms with E-state index in [4.69, 9.17) is 26.4 Å². The zero-order chi connectivity index (χ0) is 18.9. The van der Waals surface area contributed by atoms with Crippen LogP contribution in [0.5, 0.6) is 11.5 Å². The molecule has 7 heteroatoms. The lowest BCUT2D eigenvalue weighted by atomic mass is 10.2. The fraction of sp³-hybridized carbons (Fsp3) is 0.368. The van der Waals surface area contributed by atoms with E-state index in [9.17, 15) is 4.79 Å². The van der Waals surface area contributed by atoms with Crippen molar-refractivity contribution in [1.82, 2.24) is 4.98 Å². The number of aromatic nitrogens is 1. The molecule has 0 spiro atoms. The molecule has 0 saturated carbocycles. The van der Waals surface area contributed by atoms with Crippen molar-refractivity contribution in [3.05, 3.63) is 37.6 Å². The molecule has 0 atom stereocenters. The minimum absolute atomic E-state index is 0.329. The highest BCUT2D eigenvalue weighted by Crippen LogP contribution is 2.28. The first-order valence-electron chi connectivity index (χ1n) is 8.47. The quantitative estimate of drug-likeness (QED) is 0.424. The van der Waals surface area contributed by atoms with Gasteiger partial charge in [-0.15, -0.1) is 11.3 Å². The summed E-state index contributed by atoms with van der Waals surface area (Å²) in [6.07, 6.45) is 5.43. The van der Waals surface area contributed by atoms with Gasteiger partial charge in [0.05, 0.1) is 30.2 Å². The molecular formula is C19H23NO4S2. The lowest BCUT2D eigenvalue weighted by Gasteiger charge is -2.10. The lowest BCUT2D eigenvalue weighted by Crippen LogP contribution is -2.23. The Labute approximate surface area is 161 Å². The Kier molecular flexibility index (Phi) is 7.87. The van der Waals surface area contributed by atoms with E-state index in [2.05, 4.69) is 11.9 Å². The number of carbonyl (C=O) groups is 1. The Bertz CT molecular complexity index is 914. The van der Waals surface area contributed by atoms with Gasteiger partial charge < -0.3 is 19.2 Å². The summed E-state index contributed by atoms with van der Waals surface area (Å²) >= 11 is 6.61. The normalized spacial score (nSPS) is 12.3. The summed E-state index contributed by atoms with van der Waals surface area (Å²) in [6.45, 7) is 4.88. The average Bonchev–Trinajstić information content (AvgIpc) is 2.95. The number of hydrogen-bond donors (Lipinski definition) is 1. The van der Waals surface area contributed by atoms with Crippen LogP contribution in [0, 0.1) is 3.95 Å². The zero-order valence-corrected chi connectivity index (χ0v) is 16.8. The highest BCUT2D eigenvalue weighted by molar-refractivity contribution is 7.73. The Balaban J connectivity index is 2.38. The van der Waals surface area contributed by atoms with Crippen molar-refractivity contribution in [2.45, 2.75) is 26.7 Å². The van der Waals surface area contributed by atoms with Gasteiger partial charge in [0, 0.05) is 6.08 Å². The number of H-pyrrole nitrogens is 1. The molecule has 5 nitrogen and oxygen atoms in total. The monoisotopic (exact) mass is 393 g/mol. The van der Waals surface area contributed by atoms with E-state index >= 15 is 0 Å². The minimum atomic E-state index is -0.400. The van der Waals surface area contributed by atoms with Crippen molar-refractivity contribution in [2.24, 2.45) is 0 Å². The number of unbranched alkanes of at least 4 members (excludes halogenated alkanes) is 1. The molecule has 0 aliphatic carbocycles.